The van der Waals surface area contributed by atoms with Crippen LogP contribution in [0.15, 0.2) is 24.4 Å². The van der Waals surface area contributed by atoms with Crippen LogP contribution >= 0.6 is 11.3 Å². The maximum absolute atomic E-state index is 13.1. The van der Waals surface area contributed by atoms with Gasteiger partial charge in [0.2, 0.25) is 5.95 Å². The number of hydrogen-bond acceptors (Lipinski definition) is 4. The predicted octanol–water partition coefficient (Wildman–Crippen LogP) is 2.57. The SMILES string of the molecule is Cc1cnc(Cn2c(N)nc3cc(F)ccc32)s1. The molecule has 0 spiro atoms. The van der Waals surface area contributed by atoms with Crippen molar-refractivity contribution in [3.05, 3.63) is 40.1 Å². The summed E-state index contributed by atoms with van der Waals surface area (Å²) in [4.78, 5) is 9.60. The smallest absolute Gasteiger partial charge is 0.201 e. The van der Waals surface area contributed by atoms with E-state index in [1.165, 1.54) is 12.1 Å². The summed E-state index contributed by atoms with van der Waals surface area (Å²) in [5, 5.41) is 0.961. The molecule has 0 amide bonds. The topological polar surface area (TPSA) is 56.7 Å². The summed E-state index contributed by atoms with van der Waals surface area (Å²) in [7, 11) is 0. The van der Waals surface area contributed by atoms with Gasteiger partial charge in [0, 0.05) is 17.1 Å². The lowest BCUT2D eigenvalue weighted by Crippen LogP contribution is -2.04. The Morgan fingerprint density at radius 1 is 1.44 bits per heavy atom. The number of benzene rings is 1. The van der Waals surface area contributed by atoms with Crippen LogP contribution in [-0.4, -0.2) is 14.5 Å². The van der Waals surface area contributed by atoms with Gasteiger partial charge in [-0.3, -0.25) is 0 Å². The largest absolute Gasteiger partial charge is 0.369 e. The van der Waals surface area contributed by atoms with Gasteiger partial charge in [0.15, 0.2) is 0 Å². The number of rotatable bonds is 2. The first-order valence-electron chi connectivity index (χ1n) is 5.46. The normalized spacial score (nSPS) is 11.2. The highest BCUT2D eigenvalue weighted by molar-refractivity contribution is 7.11. The van der Waals surface area contributed by atoms with E-state index in [9.17, 15) is 4.39 Å². The maximum atomic E-state index is 13.1. The first-order valence-corrected chi connectivity index (χ1v) is 6.28. The number of aryl methyl sites for hydroxylation is 1. The number of aromatic nitrogens is 3. The summed E-state index contributed by atoms with van der Waals surface area (Å²) in [6.07, 6.45) is 1.83. The van der Waals surface area contributed by atoms with Gasteiger partial charge in [-0.2, -0.15) is 0 Å². The minimum atomic E-state index is -0.308. The molecule has 0 saturated carbocycles. The number of nitrogens with two attached hydrogens (primary N) is 1. The Morgan fingerprint density at radius 2 is 2.28 bits per heavy atom. The van der Waals surface area contributed by atoms with E-state index in [1.54, 1.807) is 17.4 Å². The van der Waals surface area contributed by atoms with Crippen LogP contribution in [0.25, 0.3) is 11.0 Å². The van der Waals surface area contributed by atoms with Gasteiger partial charge in [-0.1, -0.05) is 0 Å². The third-order valence-electron chi connectivity index (χ3n) is 2.70. The number of fused-ring (bicyclic) bond motifs is 1. The van der Waals surface area contributed by atoms with Gasteiger partial charge in [-0.15, -0.1) is 11.3 Å². The molecule has 0 saturated heterocycles. The Hall–Kier alpha value is -1.95. The number of halogens is 1. The fourth-order valence-corrected chi connectivity index (χ4v) is 2.67. The monoisotopic (exact) mass is 262 g/mol. The number of hydrogen-bond donors (Lipinski definition) is 1. The van der Waals surface area contributed by atoms with Crippen molar-refractivity contribution in [3.63, 3.8) is 0 Å². The Kier molecular flexibility index (Phi) is 2.52. The van der Waals surface area contributed by atoms with Gasteiger partial charge in [-0.05, 0) is 19.1 Å². The van der Waals surface area contributed by atoms with Crippen molar-refractivity contribution in [2.24, 2.45) is 0 Å². The fraction of sp³-hybridized carbons (Fsp3) is 0.167. The molecule has 0 radical (unpaired) electrons. The van der Waals surface area contributed by atoms with Crippen LogP contribution in [0.2, 0.25) is 0 Å². The van der Waals surface area contributed by atoms with E-state index >= 15 is 0 Å². The van der Waals surface area contributed by atoms with Crippen LogP contribution in [0.5, 0.6) is 0 Å². The van der Waals surface area contributed by atoms with E-state index < -0.39 is 0 Å². The minimum absolute atomic E-state index is 0.308. The van der Waals surface area contributed by atoms with Crippen molar-refractivity contribution < 1.29 is 4.39 Å². The molecule has 0 bridgehead atoms. The lowest BCUT2D eigenvalue weighted by atomic mass is 10.3. The average molecular weight is 262 g/mol. The van der Waals surface area contributed by atoms with Crippen molar-refractivity contribution in [2.45, 2.75) is 13.5 Å². The van der Waals surface area contributed by atoms with Crippen LogP contribution in [0.3, 0.4) is 0 Å². The molecule has 6 heteroatoms. The molecule has 2 heterocycles. The molecule has 4 nitrogen and oxygen atoms in total. The molecule has 18 heavy (non-hydrogen) atoms. The summed E-state index contributed by atoms with van der Waals surface area (Å²) < 4.78 is 14.9. The van der Waals surface area contributed by atoms with Gasteiger partial charge >= 0.3 is 0 Å². The molecule has 0 aliphatic carbocycles. The summed E-state index contributed by atoms with van der Waals surface area (Å²) >= 11 is 1.62. The molecule has 0 atom stereocenters. The summed E-state index contributed by atoms with van der Waals surface area (Å²) in [6.45, 7) is 2.57. The van der Waals surface area contributed by atoms with Crippen molar-refractivity contribution in [2.75, 3.05) is 5.73 Å². The van der Waals surface area contributed by atoms with Crippen LogP contribution in [0, 0.1) is 12.7 Å². The molecule has 0 fully saturated rings. The van der Waals surface area contributed by atoms with Crippen molar-refractivity contribution in [1.82, 2.24) is 14.5 Å². The van der Waals surface area contributed by atoms with Gasteiger partial charge in [0.25, 0.3) is 0 Å². The van der Waals surface area contributed by atoms with E-state index in [4.69, 9.17) is 5.73 Å². The number of nitrogen functional groups attached to an aromatic ring is 1. The van der Waals surface area contributed by atoms with Gasteiger partial charge in [0.05, 0.1) is 17.6 Å². The van der Waals surface area contributed by atoms with E-state index in [0.717, 1.165) is 15.4 Å². The number of thiazole rings is 1. The van der Waals surface area contributed by atoms with Crippen LogP contribution in [0.4, 0.5) is 10.3 Å². The number of nitrogens with zero attached hydrogens (tertiary/aromatic N) is 3. The number of imidazole rings is 1. The van der Waals surface area contributed by atoms with Crippen molar-refractivity contribution in [1.29, 1.82) is 0 Å². The fourth-order valence-electron chi connectivity index (χ4n) is 1.90. The molecule has 2 N–H and O–H groups in total. The second kappa shape index (κ2) is 4.06. The highest BCUT2D eigenvalue weighted by Gasteiger charge is 2.10. The molecular formula is C12H11FN4S. The van der Waals surface area contributed by atoms with E-state index in [0.29, 0.717) is 18.0 Å². The molecule has 0 aliphatic heterocycles. The van der Waals surface area contributed by atoms with Gasteiger partial charge in [0.1, 0.15) is 10.8 Å². The first kappa shape index (κ1) is 11.2. The van der Waals surface area contributed by atoms with Gasteiger partial charge in [-0.25, -0.2) is 14.4 Å². The molecule has 0 aliphatic rings. The molecule has 3 rings (SSSR count). The molecule has 0 unspecified atom stereocenters. The van der Waals surface area contributed by atoms with Crippen molar-refractivity contribution in [3.8, 4) is 0 Å². The minimum Gasteiger partial charge on any atom is -0.369 e. The molecule has 2 aromatic heterocycles. The number of anilines is 1. The molecule has 92 valence electrons. The van der Waals surface area contributed by atoms with E-state index in [2.05, 4.69) is 9.97 Å². The van der Waals surface area contributed by atoms with E-state index in [1.807, 2.05) is 17.7 Å². The van der Waals surface area contributed by atoms with Crippen LogP contribution in [0.1, 0.15) is 9.88 Å². The molecular weight excluding hydrogens is 251 g/mol. The lowest BCUT2D eigenvalue weighted by molar-refractivity contribution is 0.629. The van der Waals surface area contributed by atoms with Gasteiger partial charge < -0.3 is 10.3 Å². The highest BCUT2D eigenvalue weighted by Crippen LogP contribution is 2.21. The Labute approximate surface area is 107 Å². The van der Waals surface area contributed by atoms with E-state index in [-0.39, 0.29) is 5.82 Å². The zero-order valence-corrected chi connectivity index (χ0v) is 10.5. The second-order valence-corrected chi connectivity index (χ2v) is 5.37. The zero-order chi connectivity index (χ0) is 12.7. The first-order chi connectivity index (χ1) is 8.63. The molecule has 3 aromatic rings. The quantitative estimate of drug-likeness (QED) is 0.772. The Bertz CT molecular complexity index is 716. The predicted molar refractivity (Wildman–Crippen MR) is 70.1 cm³/mol. The summed E-state index contributed by atoms with van der Waals surface area (Å²) in [5.74, 6) is 0.0701. The average Bonchev–Trinajstić information content (AvgIpc) is 2.84. The Morgan fingerprint density at radius 3 is 3.00 bits per heavy atom. The highest BCUT2D eigenvalue weighted by atomic mass is 32.1. The van der Waals surface area contributed by atoms with Crippen LogP contribution < -0.4 is 5.73 Å². The van der Waals surface area contributed by atoms with Crippen molar-refractivity contribution >= 4 is 28.3 Å². The standard InChI is InChI=1S/C12H11FN4S/c1-7-5-15-11(18-7)6-17-10-3-2-8(13)4-9(10)16-12(17)14/h2-5H,6H2,1H3,(H2,14,16). The third kappa shape index (κ3) is 1.84. The Balaban J connectivity index is 2.08. The maximum Gasteiger partial charge on any atom is 0.201 e. The zero-order valence-electron chi connectivity index (χ0n) is 9.72. The summed E-state index contributed by atoms with van der Waals surface area (Å²) in [6, 6.07) is 4.48. The summed E-state index contributed by atoms with van der Waals surface area (Å²) in [5.41, 5.74) is 7.26. The third-order valence-corrected chi connectivity index (χ3v) is 3.60. The molecule has 1 aromatic carbocycles. The van der Waals surface area contributed by atoms with Crippen LogP contribution in [-0.2, 0) is 6.54 Å². The second-order valence-electron chi connectivity index (χ2n) is 4.05. The lowest BCUT2D eigenvalue weighted by Gasteiger charge is -2.03.